The molecule has 0 atom stereocenters. The van der Waals surface area contributed by atoms with Gasteiger partial charge in [-0.15, -0.1) is 0 Å². The van der Waals surface area contributed by atoms with Gasteiger partial charge in [0, 0.05) is 5.56 Å². The average molecular weight is 234 g/mol. The van der Waals surface area contributed by atoms with Crippen LogP contribution in [0.3, 0.4) is 0 Å². The molecule has 4 nitrogen and oxygen atoms in total. The van der Waals surface area contributed by atoms with Crippen molar-refractivity contribution in [3.8, 4) is 0 Å². The number of rotatable bonds is 2. The standard InChI is InChI=1S/C9H5F3O4/c10-9(11,12)7(13)5-3-1-2-4-6(5)8(14)16-15/h1-4,15H. The fraction of sp³-hybridized carbons (Fsp3) is 0.111. The van der Waals surface area contributed by atoms with E-state index < -0.39 is 29.1 Å². The molecule has 0 aromatic heterocycles. The van der Waals surface area contributed by atoms with Gasteiger partial charge in [0.15, 0.2) is 0 Å². The molecule has 86 valence electrons. The van der Waals surface area contributed by atoms with Crippen molar-refractivity contribution < 1.29 is 32.9 Å². The van der Waals surface area contributed by atoms with Crippen molar-refractivity contribution in [3.63, 3.8) is 0 Å². The number of carbonyl (C=O) groups is 2. The summed E-state index contributed by atoms with van der Waals surface area (Å²) in [6, 6.07) is 4.16. The predicted molar refractivity (Wildman–Crippen MR) is 44.9 cm³/mol. The highest BCUT2D eigenvalue weighted by Gasteiger charge is 2.41. The number of hydrogen-bond donors (Lipinski definition) is 1. The van der Waals surface area contributed by atoms with E-state index in [4.69, 9.17) is 5.26 Å². The number of alkyl halides is 3. The molecule has 0 aliphatic rings. The van der Waals surface area contributed by atoms with Gasteiger partial charge in [-0.25, -0.2) is 4.79 Å². The van der Waals surface area contributed by atoms with Crippen LogP contribution in [0.25, 0.3) is 0 Å². The van der Waals surface area contributed by atoms with E-state index in [0.29, 0.717) is 0 Å². The van der Waals surface area contributed by atoms with Crippen LogP contribution in [0.2, 0.25) is 0 Å². The number of hydrogen-bond acceptors (Lipinski definition) is 4. The van der Waals surface area contributed by atoms with Gasteiger partial charge in [-0.2, -0.15) is 18.4 Å². The number of halogens is 3. The van der Waals surface area contributed by atoms with Crippen molar-refractivity contribution in [1.29, 1.82) is 0 Å². The Morgan fingerprint density at radius 1 is 1.12 bits per heavy atom. The summed E-state index contributed by atoms with van der Waals surface area (Å²) < 4.78 is 36.4. The van der Waals surface area contributed by atoms with Crippen LogP contribution in [0.15, 0.2) is 24.3 Å². The average Bonchev–Trinajstić information content (AvgIpc) is 2.25. The van der Waals surface area contributed by atoms with E-state index in [2.05, 4.69) is 4.89 Å². The van der Waals surface area contributed by atoms with Crippen LogP contribution in [0, 0.1) is 0 Å². The highest BCUT2D eigenvalue weighted by atomic mass is 19.4. The molecular formula is C9H5F3O4. The molecule has 0 radical (unpaired) electrons. The Labute approximate surface area is 87.2 Å². The molecule has 16 heavy (non-hydrogen) atoms. The van der Waals surface area contributed by atoms with Crippen LogP contribution in [-0.4, -0.2) is 23.2 Å². The van der Waals surface area contributed by atoms with Crippen LogP contribution in [-0.2, 0) is 4.89 Å². The molecule has 1 N–H and O–H groups in total. The predicted octanol–water partition coefficient (Wildman–Crippen LogP) is 2.06. The van der Waals surface area contributed by atoms with Crippen LogP contribution in [0.4, 0.5) is 13.2 Å². The van der Waals surface area contributed by atoms with Gasteiger partial charge in [0.2, 0.25) is 0 Å². The van der Waals surface area contributed by atoms with E-state index in [1.165, 1.54) is 6.07 Å². The second-order valence-electron chi connectivity index (χ2n) is 2.75. The molecule has 0 saturated carbocycles. The zero-order chi connectivity index (χ0) is 12.3. The molecule has 0 aliphatic heterocycles. The lowest BCUT2D eigenvalue weighted by atomic mass is 10.0. The minimum absolute atomic E-state index is 0.646. The molecule has 1 aromatic rings. The summed E-state index contributed by atoms with van der Waals surface area (Å²) in [5.41, 5.74) is -1.51. The SMILES string of the molecule is O=C(OO)c1ccccc1C(=O)C(F)(F)F. The van der Waals surface area contributed by atoms with E-state index in [1.54, 1.807) is 0 Å². The van der Waals surface area contributed by atoms with Gasteiger partial charge in [-0.1, -0.05) is 18.2 Å². The largest absolute Gasteiger partial charge is 0.454 e. The molecule has 0 unspecified atom stereocenters. The minimum atomic E-state index is -5.09. The number of benzene rings is 1. The second-order valence-corrected chi connectivity index (χ2v) is 2.75. The minimum Gasteiger partial charge on any atom is -0.295 e. The molecule has 7 heteroatoms. The molecular weight excluding hydrogens is 229 g/mol. The first-order valence-electron chi connectivity index (χ1n) is 3.94. The van der Waals surface area contributed by atoms with Crippen molar-refractivity contribution in [2.24, 2.45) is 0 Å². The molecule has 0 spiro atoms. The van der Waals surface area contributed by atoms with E-state index >= 15 is 0 Å². The smallest absolute Gasteiger partial charge is 0.295 e. The maximum absolute atomic E-state index is 12.1. The lowest BCUT2D eigenvalue weighted by molar-refractivity contribution is -0.182. The first-order valence-corrected chi connectivity index (χ1v) is 3.94. The van der Waals surface area contributed by atoms with E-state index in [1.807, 2.05) is 0 Å². The normalized spacial score (nSPS) is 11.0. The molecule has 0 saturated heterocycles. The van der Waals surface area contributed by atoms with Gasteiger partial charge >= 0.3 is 12.1 Å². The number of ketones is 1. The van der Waals surface area contributed by atoms with E-state index in [9.17, 15) is 22.8 Å². The van der Waals surface area contributed by atoms with Gasteiger partial charge in [0.25, 0.3) is 5.78 Å². The Bertz CT molecular complexity index is 425. The summed E-state index contributed by atoms with van der Waals surface area (Å²) in [5.74, 6) is -3.60. The summed E-state index contributed by atoms with van der Waals surface area (Å²) in [7, 11) is 0. The molecule has 0 aliphatic carbocycles. The monoisotopic (exact) mass is 234 g/mol. The van der Waals surface area contributed by atoms with Crippen LogP contribution in [0.5, 0.6) is 0 Å². The van der Waals surface area contributed by atoms with Crippen molar-refractivity contribution >= 4 is 11.8 Å². The molecule has 1 rings (SSSR count). The quantitative estimate of drug-likeness (QED) is 0.483. The Hall–Kier alpha value is -1.89. The van der Waals surface area contributed by atoms with Gasteiger partial charge in [0.05, 0.1) is 5.56 Å². The maximum atomic E-state index is 12.1. The Balaban J connectivity index is 3.24. The third kappa shape index (κ3) is 2.37. The second kappa shape index (κ2) is 4.31. The maximum Gasteiger partial charge on any atom is 0.454 e. The summed E-state index contributed by atoms with van der Waals surface area (Å²) in [5, 5.41) is 8.06. The van der Waals surface area contributed by atoms with Gasteiger partial charge in [0.1, 0.15) is 0 Å². The van der Waals surface area contributed by atoms with E-state index in [-0.39, 0.29) is 0 Å². The van der Waals surface area contributed by atoms with Gasteiger partial charge in [-0.05, 0) is 6.07 Å². The number of Topliss-reactive ketones (excluding diaryl/α,β-unsaturated/α-hetero) is 1. The zero-order valence-electron chi connectivity index (χ0n) is 7.62. The molecule has 1 aromatic carbocycles. The molecule has 0 heterocycles. The topological polar surface area (TPSA) is 63.6 Å². The zero-order valence-corrected chi connectivity index (χ0v) is 7.62. The number of carbonyl (C=O) groups excluding carboxylic acids is 2. The van der Waals surface area contributed by atoms with Crippen molar-refractivity contribution in [2.45, 2.75) is 6.18 Å². The van der Waals surface area contributed by atoms with E-state index in [0.717, 1.165) is 18.2 Å². The Morgan fingerprint density at radius 3 is 2.06 bits per heavy atom. The van der Waals surface area contributed by atoms with Crippen LogP contribution >= 0.6 is 0 Å². The molecule has 0 amide bonds. The van der Waals surface area contributed by atoms with Gasteiger partial charge < -0.3 is 0 Å². The van der Waals surface area contributed by atoms with Gasteiger partial charge in [-0.3, -0.25) is 9.68 Å². The molecule has 0 fully saturated rings. The lowest BCUT2D eigenvalue weighted by Crippen LogP contribution is -2.25. The van der Waals surface area contributed by atoms with Crippen LogP contribution in [0.1, 0.15) is 20.7 Å². The fourth-order valence-corrected chi connectivity index (χ4v) is 1.06. The van der Waals surface area contributed by atoms with Crippen molar-refractivity contribution in [1.82, 2.24) is 0 Å². The van der Waals surface area contributed by atoms with Crippen molar-refractivity contribution in [3.05, 3.63) is 35.4 Å². The summed E-state index contributed by atoms with van der Waals surface area (Å²) in [4.78, 5) is 25.0. The third-order valence-electron chi connectivity index (χ3n) is 1.73. The Morgan fingerprint density at radius 2 is 1.62 bits per heavy atom. The summed E-state index contributed by atoms with van der Waals surface area (Å²) >= 11 is 0. The summed E-state index contributed by atoms with van der Waals surface area (Å²) in [6.45, 7) is 0. The fourth-order valence-electron chi connectivity index (χ4n) is 1.06. The molecule has 0 bridgehead atoms. The first-order chi connectivity index (χ1) is 7.38. The van der Waals surface area contributed by atoms with Crippen LogP contribution < -0.4 is 0 Å². The summed E-state index contributed by atoms with van der Waals surface area (Å²) in [6.07, 6.45) is -5.09. The van der Waals surface area contributed by atoms with Crippen molar-refractivity contribution in [2.75, 3.05) is 0 Å². The highest BCUT2D eigenvalue weighted by molar-refractivity contribution is 6.08. The lowest BCUT2D eigenvalue weighted by Gasteiger charge is -2.07. The third-order valence-corrected chi connectivity index (χ3v) is 1.73. The first kappa shape index (κ1) is 12.2. The Kier molecular flexibility index (Phi) is 3.28. The highest BCUT2D eigenvalue weighted by Crippen LogP contribution is 2.23.